The van der Waals surface area contributed by atoms with Crippen LogP contribution < -0.4 is 0 Å². The fourth-order valence-electron chi connectivity index (χ4n) is 1.22. The highest BCUT2D eigenvalue weighted by Crippen LogP contribution is 2.03. The summed E-state index contributed by atoms with van der Waals surface area (Å²) in [6.45, 7) is 6.38. The summed E-state index contributed by atoms with van der Waals surface area (Å²) in [5, 5.41) is 9.22. The monoisotopic (exact) mass is 203 g/mol. The molecule has 0 fully saturated rings. The van der Waals surface area contributed by atoms with Gasteiger partial charge in [0.1, 0.15) is 0 Å². The Balaban J connectivity index is 4.12. The van der Waals surface area contributed by atoms with Crippen molar-refractivity contribution in [1.29, 1.82) is 0 Å². The number of aliphatic hydroxyl groups excluding tert-OH is 1. The van der Waals surface area contributed by atoms with Crippen LogP contribution in [-0.2, 0) is 9.53 Å². The molecule has 1 atom stereocenters. The fraction of sp³-hybridized carbons (Fsp3) is 0.900. The average Bonchev–Trinajstić information content (AvgIpc) is 2.09. The maximum absolute atomic E-state index is 11.6. The Morgan fingerprint density at radius 3 is 2.36 bits per heavy atom. The Labute approximate surface area is 85.9 Å². The molecule has 0 saturated heterocycles. The van der Waals surface area contributed by atoms with E-state index < -0.39 is 6.10 Å². The van der Waals surface area contributed by atoms with E-state index >= 15 is 0 Å². The molecule has 0 saturated carbocycles. The number of hydrogen-bond acceptors (Lipinski definition) is 3. The molecule has 0 aliphatic heterocycles. The highest BCUT2D eigenvalue weighted by atomic mass is 16.5. The van der Waals surface area contributed by atoms with Gasteiger partial charge in [-0.3, -0.25) is 4.79 Å². The SMILES string of the molecule is COCCC(=O)N(CC(C)O)C(C)C. The van der Waals surface area contributed by atoms with Gasteiger partial charge in [0.2, 0.25) is 5.91 Å². The third-order valence-electron chi connectivity index (χ3n) is 1.92. The van der Waals surface area contributed by atoms with Crippen molar-refractivity contribution in [2.24, 2.45) is 0 Å². The van der Waals surface area contributed by atoms with Crippen LogP contribution in [0.1, 0.15) is 27.2 Å². The predicted octanol–water partition coefficient (Wildman–Crippen LogP) is 0.641. The summed E-state index contributed by atoms with van der Waals surface area (Å²) >= 11 is 0. The Kier molecular flexibility index (Phi) is 6.49. The minimum atomic E-state index is -0.483. The lowest BCUT2D eigenvalue weighted by Crippen LogP contribution is -2.41. The Morgan fingerprint density at radius 1 is 1.43 bits per heavy atom. The molecule has 0 aliphatic rings. The maximum atomic E-state index is 11.6. The first-order valence-electron chi connectivity index (χ1n) is 4.95. The van der Waals surface area contributed by atoms with Crippen LogP contribution in [0, 0.1) is 0 Å². The molecule has 0 aliphatic carbocycles. The van der Waals surface area contributed by atoms with Crippen LogP contribution in [0.15, 0.2) is 0 Å². The molecule has 0 rings (SSSR count). The molecule has 0 aromatic heterocycles. The molecule has 0 spiro atoms. The number of carbonyl (C=O) groups is 1. The van der Waals surface area contributed by atoms with Crippen molar-refractivity contribution >= 4 is 5.91 Å². The standard InChI is InChI=1S/C10H21NO3/c1-8(2)11(7-9(3)12)10(13)5-6-14-4/h8-9,12H,5-7H2,1-4H3. The maximum Gasteiger partial charge on any atom is 0.225 e. The van der Waals surface area contributed by atoms with E-state index in [-0.39, 0.29) is 11.9 Å². The van der Waals surface area contributed by atoms with Gasteiger partial charge in [0.25, 0.3) is 0 Å². The number of hydrogen-bond donors (Lipinski definition) is 1. The summed E-state index contributed by atoms with van der Waals surface area (Å²) in [6.07, 6.45) is -0.106. The van der Waals surface area contributed by atoms with Crippen LogP contribution in [0.25, 0.3) is 0 Å². The van der Waals surface area contributed by atoms with Crippen molar-refractivity contribution in [3.63, 3.8) is 0 Å². The van der Waals surface area contributed by atoms with Crippen molar-refractivity contribution in [3.05, 3.63) is 0 Å². The minimum Gasteiger partial charge on any atom is -0.392 e. The van der Waals surface area contributed by atoms with Crippen molar-refractivity contribution in [2.45, 2.75) is 39.3 Å². The van der Waals surface area contributed by atoms with Gasteiger partial charge in [0.15, 0.2) is 0 Å². The number of methoxy groups -OCH3 is 1. The van der Waals surface area contributed by atoms with E-state index in [0.717, 1.165) is 0 Å². The van der Waals surface area contributed by atoms with Gasteiger partial charge in [-0.25, -0.2) is 0 Å². The van der Waals surface area contributed by atoms with E-state index in [1.165, 1.54) is 0 Å². The first kappa shape index (κ1) is 13.4. The molecule has 1 amide bonds. The molecule has 1 unspecified atom stereocenters. The lowest BCUT2D eigenvalue weighted by molar-refractivity contribution is -0.135. The fourth-order valence-corrected chi connectivity index (χ4v) is 1.22. The van der Waals surface area contributed by atoms with Gasteiger partial charge in [0, 0.05) is 19.7 Å². The van der Waals surface area contributed by atoms with E-state index in [9.17, 15) is 9.90 Å². The zero-order valence-electron chi connectivity index (χ0n) is 9.49. The van der Waals surface area contributed by atoms with Crippen LogP contribution in [0.4, 0.5) is 0 Å². The van der Waals surface area contributed by atoms with Crippen LogP contribution in [0.3, 0.4) is 0 Å². The van der Waals surface area contributed by atoms with Gasteiger partial charge in [-0.1, -0.05) is 0 Å². The van der Waals surface area contributed by atoms with E-state index in [2.05, 4.69) is 0 Å². The molecule has 4 heteroatoms. The molecule has 0 bridgehead atoms. The Morgan fingerprint density at radius 2 is 2.00 bits per heavy atom. The second-order valence-electron chi connectivity index (χ2n) is 3.73. The highest BCUT2D eigenvalue weighted by molar-refractivity contribution is 5.76. The third-order valence-corrected chi connectivity index (χ3v) is 1.92. The second kappa shape index (κ2) is 6.79. The number of nitrogens with zero attached hydrogens (tertiary/aromatic N) is 1. The van der Waals surface area contributed by atoms with Crippen LogP contribution >= 0.6 is 0 Å². The smallest absolute Gasteiger partial charge is 0.225 e. The van der Waals surface area contributed by atoms with E-state index in [0.29, 0.717) is 19.6 Å². The zero-order chi connectivity index (χ0) is 11.1. The molecule has 14 heavy (non-hydrogen) atoms. The number of rotatable bonds is 6. The van der Waals surface area contributed by atoms with E-state index in [1.54, 1.807) is 18.9 Å². The molecule has 0 radical (unpaired) electrons. The lowest BCUT2D eigenvalue weighted by Gasteiger charge is -2.27. The van der Waals surface area contributed by atoms with Crippen molar-refractivity contribution < 1.29 is 14.6 Å². The molecule has 4 nitrogen and oxygen atoms in total. The van der Waals surface area contributed by atoms with Gasteiger partial charge in [0.05, 0.1) is 19.1 Å². The van der Waals surface area contributed by atoms with Crippen molar-refractivity contribution in [2.75, 3.05) is 20.3 Å². The molecule has 0 aromatic carbocycles. The van der Waals surface area contributed by atoms with Crippen LogP contribution in [0.2, 0.25) is 0 Å². The number of aliphatic hydroxyl groups is 1. The zero-order valence-corrected chi connectivity index (χ0v) is 9.49. The Bertz CT molecular complexity index is 169. The summed E-state index contributed by atoms with van der Waals surface area (Å²) in [5.74, 6) is 0.0303. The molecule has 84 valence electrons. The predicted molar refractivity (Wildman–Crippen MR) is 55.0 cm³/mol. The Hall–Kier alpha value is -0.610. The van der Waals surface area contributed by atoms with E-state index in [4.69, 9.17) is 4.74 Å². The summed E-state index contributed by atoms with van der Waals surface area (Å²) < 4.78 is 4.84. The van der Waals surface area contributed by atoms with Crippen molar-refractivity contribution in [1.82, 2.24) is 4.90 Å². The van der Waals surface area contributed by atoms with Gasteiger partial charge < -0.3 is 14.7 Å². The normalized spacial score (nSPS) is 13.0. The topological polar surface area (TPSA) is 49.8 Å². The summed E-state index contributed by atoms with van der Waals surface area (Å²) in [5.41, 5.74) is 0. The highest BCUT2D eigenvalue weighted by Gasteiger charge is 2.17. The van der Waals surface area contributed by atoms with Crippen LogP contribution in [-0.4, -0.2) is 48.3 Å². The lowest BCUT2D eigenvalue weighted by atomic mass is 10.2. The number of carbonyl (C=O) groups excluding carboxylic acids is 1. The first-order chi connectivity index (χ1) is 6.49. The van der Waals surface area contributed by atoms with Crippen molar-refractivity contribution in [3.8, 4) is 0 Å². The quantitative estimate of drug-likeness (QED) is 0.689. The molecular formula is C10H21NO3. The van der Waals surface area contributed by atoms with Gasteiger partial charge >= 0.3 is 0 Å². The minimum absolute atomic E-state index is 0.0303. The van der Waals surface area contributed by atoms with E-state index in [1.807, 2.05) is 13.8 Å². The average molecular weight is 203 g/mol. The third kappa shape index (κ3) is 5.19. The molecule has 0 aromatic rings. The number of ether oxygens (including phenoxy) is 1. The molecule has 1 N–H and O–H groups in total. The molecule has 0 heterocycles. The van der Waals surface area contributed by atoms with Gasteiger partial charge in [-0.2, -0.15) is 0 Å². The first-order valence-corrected chi connectivity index (χ1v) is 4.95. The summed E-state index contributed by atoms with van der Waals surface area (Å²) in [6, 6.07) is 0.119. The number of amides is 1. The van der Waals surface area contributed by atoms with Gasteiger partial charge in [-0.05, 0) is 20.8 Å². The summed E-state index contributed by atoms with van der Waals surface area (Å²) in [7, 11) is 1.57. The van der Waals surface area contributed by atoms with Gasteiger partial charge in [-0.15, -0.1) is 0 Å². The largest absolute Gasteiger partial charge is 0.392 e. The molecular weight excluding hydrogens is 182 g/mol. The van der Waals surface area contributed by atoms with Crippen LogP contribution in [0.5, 0.6) is 0 Å². The summed E-state index contributed by atoms with van der Waals surface area (Å²) in [4.78, 5) is 13.3. The second-order valence-corrected chi connectivity index (χ2v) is 3.73.